The number of amides is 12. The number of fused-ring (bicyclic) bond motifs is 30. The molecule has 650 valence electrons. The lowest BCUT2D eigenvalue weighted by molar-refractivity contribution is -0.151. The van der Waals surface area contributed by atoms with E-state index in [0.717, 1.165) is 94.6 Å². The number of nitrogens with zero attached hydrogens (tertiary/aromatic N) is 6. The van der Waals surface area contributed by atoms with Crippen LogP contribution < -0.4 is 0 Å². The summed E-state index contributed by atoms with van der Waals surface area (Å²) >= 11 is 0. The molecule has 24 unspecified atom stereocenters. The van der Waals surface area contributed by atoms with Gasteiger partial charge in [0.25, 0.3) is 0 Å². The van der Waals surface area contributed by atoms with Crippen LogP contribution >= 0.6 is 0 Å². The minimum atomic E-state index is -0.285. The first-order valence-electron chi connectivity index (χ1n) is 43.9. The number of rotatable bonds is 14. The molecule has 12 fully saturated rings. The van der Waals surface area contributed by atoms with E-state index in [1.54, 1.807) is 14.1 Å². The molecule has 12 aliphatic carbocycles. The molecule has 3 aromatic rings. The molecule has 3 aromatic carbocycles. The van der Waals surface area contributed by atoms with Gasteiger partial charge in [0.05, 0.1) is 84.1 Å². The fraction of sp³-hybridized carbons (Fsp3) is 0.481. The van der Waals surface area contributed by atoms with E-state index in [0.29, 0.717) is 23.7 Å². The van der Waals surface area contributed by atoms with Gasteiger partial charge in [-0.05, 0) is 177 Å². The van der Waals surface area contributed by atoms with Gasteiger partial charge in [0.15, 0.2) is 0 Å². The van der Waals surface area contributed by atoms with Gasteiger partial charge in [-0.1, -0.05) is 251 Å². The molecule has 6 aliphatic heterocycles. The quantitative estimate of drug-likeness (QED) is 0.109. The average Bonchev–Trinajstić information content (AvgIpc) is 1.55. The third-order valence-corrected chi connectivity index (χ3v) is 27.4. The monoisotopic (exact) mass is 1660 g/mol. The first-order valence-corrected chi connectivity index (χ1v) is 43.9. The van der Waals surface area contributed by atoms with E-state index in [1.165, 1.54) is 40.5 Å². The Labute approximate surface area is 725 Å². The summed E-state index contributed by atoms with van der Waals surface area (Å²) in [4.78, 5) is 158. The minimum Gasteiger partial charge on any atom is -0.285 e. The molecule has 0 radical (unpaired) electrons. The molecule has 12 bridgehead atoms. The zero-order chi connectivity index (χ0) is 86.5. The Morgan fingerprint density at radius 3 is 0.598 bits per heavy atom. The second-order valence-electron chi connectivity index (χ2n) is 34.5. The molecule has 21 rings (SSSR count). The Balaban J connectivity index is 0.000000167. The first kappa shape index (κ1) is 95.2. The Hall–Kier alpha value is -10.6. The Morgan fingerprint density at radius 1 is 0.254 bits per heavy atom. The van der Waals surface area contributed by atoms with Crippen LogP contribution in [0.15, 0.2) is 234 Å². The summed E-state index contributed by atoms with van der Waals surface area (Å²) in [6, 6.07) is 28.7. The van der Waals surface area contributed by atoms with Crippen molar-refractivity contribution in [3.8, 4) is 0 Å². The summed E-state index contributed by atoms with van der Waals surface area (Å²) in [6.07, 6.45) is 49.4. The summed E-state index contributed by atoms with van der Waals surface area (Å²) in [5.74, 6) is -0.126. The lowest BCUT2D eigenvalue weighted by Gasteiger charge is -2.24. The fourth-order valence-electron chi connectivity index (χ4n) is 21.3. The highest BCUT2D eigenvalue weighted by Gasteiger charge is 2.65. The van der Waals surface area contributed by atoms with E-state index in [4.69, 9.17) is 0 Å². The summed E-state index contributed by atoms with van der Waals surface area (Å²) in [5, 5.41) is 0. The summed E-state index contributed by atoms with van der Waals surface area (Å²) < 4.78 is 0. The van der Waals surface area contributed by atoms with Gasteiger partial charge in [-0.25, -0.2) is 0 Å². The molecular weight excluding hydrogens is 1530 g/mol. The van der Waals surface area contributed by atoms with Crippen molar-refractivity contribution in [1.82, 2.24) is 29.4 Å². The summed E-state index contributed by atoms with van der Waals surface area (Å²) in [6.45, 7) is 33.6. The zero-order valence-electron chi connectivity index (χ0n) is 71.5. The Bertz CT molecular complexity index is 4090. The lowest BCUT2D eigenvalue weighted by atomic mass is 9.85. The van der Waals surface area contributed by atoms with Crippen molar-refractivity contribution in [2.45, 2.75) is 153 Å². The van der Waals surface area contributed by atoms with Gasteiger partial charge < -0.3 is 0 Å². The number of hydrogen-bond acceptors (Lipinski definition) is 12. The molecular formula is C104H132N6O12. The molecule has 0 spiro atoms. The molecule has 24 atom stereocenters. The normalized spacial score (nSPS) is 32.7. The first-order chi connectivity index (χ1) is 57.9. The maximum absolute atomic E-state index is 13.0. The predicted octanol–water partition coefficient (Wildman–Crippen LogP) is 17.7. The number of carbonyl (C=O) groups excluding carboxylic acids is 12. The van der Waals surface area contributed by atoms with Gasteiger partial charge in [-0.2, -0.15) is 0 Å². The van der Waals surface area contributed by atoms with Gasteiger partial charge in [0, 0.05) is 14.1 Å². The van der Waals surface area contributed by atoms with Gasteiger partial charge >= 0.3 is 0 Å². The highest BCUT2D eigenvalue weighted by molar-refractivity contribution is 6.11. The van der Waals surface area contributed by atoms with Crippen molar-refractivity contribution in [3.63, 3.8) is 0 Å². The van der Waals surface area contributed by atoms with E-state index in [9.17, 15) is 57.5 Å². The molecule has 18 aliphatic rings. The lowest BCUT2D eigenvalue weighted by Crippen LogP contribution is -2.46. The highest BCUT2D eigenvalue weighted by Crippen LogP contribution is 2.58. The number of hydrogen-bond donors (Lipinski definition) is 0. The molecule has 122 heavy (non-hydrogen) atoms. The predicted molar refractivity (Wildman–Crippen MR) is 480 cm³/mol. The van der Waals surface area contributed by atoms with Crippen molar-refractivity contribution in [3.05, 3.63) is 256 Å². The summed E-state index contributed by atoms with van der Waals surface area (Å²) in [7, 11) is 3.20. The Kier molecular flexibility index (Phi) is 33.5. The molecule has 6 saturated carbocycles. The van der Waals surface area contributed by atoms with Crippen molar-refractivity contribution in [2.24, 2.45) is 142 Å². The molecule has 6 saturated heterocycles. The standard InChI is InChI=1S/C26H24N2O4.C19H18N2O4.C13H12.2C10H11NO2.6C4H8.2CH4/c29-23-19-15-4-5-16(9-15)20(19)24(30)27(23)11-13-2-1-3-14(8-13)12-28-25(31)21-17-6-7-18(10-17)22(21)26(28)32;22-16-12-8-1-2-9(5-8)13(12)17(23)20(16)7-21-18(24)14-10-3-4-11(6-10)15(14)19(21)25;1-3-7-12(8-4-1)11-13-9-5-2-6-10-13;2*1-11-9(12)7-5-2-3-6(4-5)8(7)10(11)13;6*1-3-4-2;;/h1-8,15-22H,9-12H2;1-4,8-15H,5-7H2;1-10H,11H2;2*2-3,5-8H,4H2,1H3;6*3H,1,4H2,2H3;2*1H4. The maximum Gasteiger partial charge on any atom is 0.235 e. The van der Waals surface area contributed by atoms with E-state index >= 15 is 0 Å². The van der Waals surface area contributed by atoms with E-state index in [-0.39, 0.29) is 224 Å². The topological polar surface area (TPSA) is 224 Å². The van der Waals surface area contributed by atoms with Gasteiger partial charge in [-0.15, -0.1) is 39.5 Å². The van der Waals surface area contributed by atoms with Crippen molar-refractivity contribution in [1.29, 1.82) is 0 Å². The number of carbonyl (C=O) groups is 12. The van der Waals surface area contributed by atoms with E-state index < -0.39 is 0 Å². The number of benzene rings is 3. The SMILES string of the molecule is C.C.C=CCC.C=CCC.C=CCC.C=CCC.C=CCC.C=CCC.CN1C(=O)C2C3C=CC(C3)C2C1=O.CN1C(=O)C2C3C=CC(C3)C2C1=O.O=C1C2C3C=CC(C3)C2C(=O)N1CN1C(=O)C2C3C=CC(C3)C2C1=O.O=C1C2C3C=CC(C3)C2C(=O)N1Cc1cccc(CN2C(=O)C3C4C=CC(C4)C3C2=O)c1.c1ccc(Cc2ccccc2)cc1. The van der Waals surface area contributed by atoms with Crippen molar-refractivity contribution >= 4 is 70.9 Å². The van der Waals surface area contributed by atoms with E-state index in [2.05, 4.69) is 190 Å². The third-order valence-electron chi connectivity index (χ3n) is 27.4. The van der Waals surface area contributed by atoms with Crippen LogP contribution in [0.2, 0.25) is 0 Å². The second-order valence-corrected chi connectivity index (χ2v) is 34.5. The van der Waals surface area contributed by atoms with Crippen LogP contribution in [-0.2, 0) is 77.0 Å². The average molecular weight is 1660 g/mol. The number of allylic oxidation sites excluding steroid dienone is 18. The number of likely N-dealkylation sites (tertiary alicyclic amines) is 6. The molecule has 0 aromatic heterocycles. The van der Waals surface area contributed by atoms with Crippen LogP contribution in [0.4, 0.5) is 0 Å². The molecule has 12 amide bonds. The van der Waals surface area contributed by atoms with Gasteiger partial charge in [-0.3, -0.25) is 86.9 Å². The molecule has 6 heterocycles. The minimum absolute atomic E-state index is 0. The second kappa shape index (κ2) is 42.9. The molecule has 18 heteroatoms. The highest BCUT2D eigenvalue weighted by atomic mass is 16.2. The van der Waals surface area contributed by atoms with Gasteiger partial charge in [0.2, 0.25) is 70.9 Å². The summed E-state index contributed by atoms with van der Waals surface area (Å²) in [5.41, 5.74) is 4.44. The molecule has 18 nitrogen and oxygen atoms in total. The fourth-order valence-corrected chi connectivity index (χ4v) is 21.3. The maximum atomic E-state index is 13.0. The van der Waals surface area contributed by atoms with Crippen LogP contribution in [0.3, 0.4) is 0 Å². The largest absolute Gasteiger partial charge is 0.285 e. The number of imide groups is 6. The van der Waals surface area contributed by atoms with Gasteiger partial charge in [0.1, 0.15) is 6.67 Å². The van der Waals surface area contributed by atoms with Crippen molar-refractivity contribution < 1.29 is 57.5 Å². The van der Waals surface area contributed by atoms with Crippen LogP contribution in [-0.4, -0.2) is 121 Å². The van der Waals surface area contributed by atoms with Crippen LogP contribution in [0.1, 0.15) is 156 Å². The van der Waals surface area contributed by atoms with Crippen molar-refractivity contribution in [2.75, 3.05) is 20.8 Å². The van der Waals surface area contributed by atoms with E-state index in [1.807, 2.05) is 85.0 Å². The molecule has 0 N–H and O–H groups in total. The third kappa shape index (κ3) is 19.1. The smallest absolute Gasteiger partial charge is 0.235 e. The van der Waals surface area contributed by atoms with Crippen LogP contribution in [0.5, 0.6) is 0 Å². The zero-order valence-corrected chi connectivity index (χ0v) is 71.5. The van der Waals surface area contributed by atoms with Crippen LogP contribution in [0.25, 0.3) is 0 Å². The van der Waals surface area contributed by atoms with Crippen LogP contribution in [0, 0.1) is 142 Å². The Morgan fingerprint density at radius 2 is 0.418 bits per heavy atom.